The molecule has 36 heavy (non-hydrogen) atoms. The Kier molecular flexibility index (Phi) is 7.11. The number of amides is 2. The highest BCUT2D eigenvalue weighted by Gasteiger charge is 2.34. The number of aliphatic hydroxyl groups excluding tert-OH is 1. The molecule has 1 aliphatic rings. The zero-order chi connectivity index (χ0) is 25.1. The maximum atomic E-state index is 12.9. The number of nitrogens with zero attached hydrogens (tertiary/aromatic N) is 4. The number of aromatic nitrogens is 3. The van der Waals surface area contributed by atoms with Gasteiger partial charge in [0.05, 0.1) is 42.3 Å². The normalized spacial score (nSPS) is 16.4. The Bertz CT molecular complexity index is 1370. The van der Waals surface area contributed by atoms with Crippen LogP contribution in [0.25, 0.3) is 11.0 Å². The summed E-state index contributed by atoms with van der Waals surface area (Å²) in [4.78, 5) is 36.3. The number of nitrogens with one attached hydrogen (secondary N) is 1. The fraction of sp³-hybridized carbons (Fsp3) is 0.333. The van der Waals surface area contributed by atoms with Crippen molar-refractivity contribution in [1.29, 1.82) is 0 Å². The van der Waals surface area contributed by atoms with E-state index in [0.29, 0.717) is 13.1 Å². The zero-order valence-corrected chi connectivity index (χ0v) is 20.9. The Balaban J connectivity index is 1.14. The molecule has 2 aromatic heterocycles. The molecular formula is C27H29N5O3S. The fourth-order valence-electron chi connectivity index (χ4n) is 4.81. The summed E-state index contributed by atoms with van der Waals surface area (Å²) >= 11 is 1.47. The van der Waals surface area contributed by atoms with E-state index in [1.54, 1.807) is 4.90 Å². The van der Waals surface area contributed by atoms with Gasteiger partial charge in [0, 0.05) is 11.9 Å². The minimum atomic E-state index is -1.36. The maximum absolute atomic E-state index is 12.9. The van der Waals surface area contributed by atoms with Gasteiger partial charge in [-0.25, -0.2) is 9.97 Å². The van der Waals surface area contributed by atoms with Crippen molar-refractivity contribution in [2.24, 2.45) is 0 Å². The molecule has 2 atom stereocenters. The molecule has 1 saturated heterocycles. The predicted molar refractivity (Wildman–Crippen MR) is 138 cm³/mol. The Morgan fingerprint density at radius 3 is 2.75 bits per heavy atom. The van der Waals surface area contributed by atoms with Crippen LogP contribution in [-0.2, 0) is 22.7 Å². The van der Waals surface area contributed by atoms with E-state index in [1.165, 1.54) is 11.3 Å². The number of likely N-dealkylation sites (tertiary alicyclic amines) is 1. The van der Waals surface area contributed by atoms with Gasteiger partial charge in [-0.05, 0) is 37.5 Å². The molecule has 0 aliphatic carbocycles. The number of aliphatic hydroxyl groups is 1. The second-order valence-corrected chi connectivity index (χ2v) is 10.0. The average Bonchev–Trinajstić information content (AvgIpc) is 3.62. The van der Waals surface area contributed by atoms with Crippen molar-refractivity contribution in [3.63, 3.8) is 0 Å². The molecule has 2 amide bonds. The summed E-state index contributed by atoms with van der Waals surface area (Å²) < 4.78 is 2.12. The summed E-state index contributed by atoms with van der Waals surface area (Å²) in [6.07, 6.45) is 0.106. The monoisotopic (exact) mass is 503 g/mol. The number of hydrogen-bond donors (Lipinski definition) is 2. The first-order valence-electron chi connectivity index (χ1n) is 12.1. The number of rotatable bonds is 8. The van der Waals surface area contributed by atoms with E-state index in [2.05, 4.69) is 19.9 Å². The molecule has 3 heterocycles. The summed E-state index contributed by atoms with van der Waals surface area (Å²) in [7, 11) is 0. The van der Waals surface area contributed by atoms with E-state index in [9.17, 15) is 14.7 Å². The van der Waals surface area contributed by atoms with Crippen LogP contribution in [0, 0.1) is 6.92 Å². The number of thiazole rings is 1. The second-order valence-electron chi connectivity index (χ2n) is 9.06. The molecule has 2 N–H and O–H groups in total. The van der Waals surface area contributed by atoms with Crippen molar-refractivity contribution in [3.8, 4) is 0 Å². The van der Waals surface area contributed by atoms with E-state index < -0.39 is 12.0 Å². The first-order chi connectivity index (χ1) is 17.5. The van der Waals surface area contributed by atoms with E-state index in [0.717, 1.165) is 46.0 Å². The topological polar surface area (TPSA) is 100 Å². The largest absolute Gasteiger partial charge is 0.383 e. The number of aryl methyl sites for hydroxylation is 1. The number of hydrogen-bond acceptors (Lipinski definition) is 6. The van der Waals surface area contributed by atoms with Gasteiger partial charge in [0.2, 0.25) is 5.91 Å². The van der Waals surface area contributed by atoms with E-state index in [1.807, 2.05) is 66.9 Å². The quantitative estimate of drug-likeness (QED) is 0.383. The first kappa shape index (κ1) is 24.1. The number of imidazole rings is 1. The smallest absolute Gasteiger partial charge is 0.252 e. The Morgan fingerprint density at radius 2 is 1.92 bits per heavy atom. The summed E-state index contributed by atoms with van der Waals surface area (Å²) in [5.74, 6) is 0.153. The Morgan fingerprint density at radius 1 is 1.14 bits per heavy atom. The lowest BCUT2D eigenvalue weighted by molar-refractivity contribution is -0.144. The van der Waals surface area contributed by atoms with Crippen LogP contribution in [0.1, 0.15) is 47.4 Å². The summed E-state index contributed by atoms with van der Waals surface area (Å²) in [5, 5.41) is 16.0. The molecule has 0 spiro atoms. The minimum Gasteiger partial charge on any atom is -0.383 e. The number of fused-ring (bicyclic) bond motifs is 1. The molecular weight excluding hydrogens is 474 g/mol. The van der Waals surface area contributed by atoms with Crippen LogP contribution in [0.5, 0.6) is 0 Å². The van der Waals surface area contributed by atoms with Gasteiger partial charge < -0.3 is 19.9 Å². The standard InChI is InChI=1S/C27H29N5O3S/c1-18-29-21-10-5-6-11-23(21)32(18)16-20-17-36-26(30-20)15-28-25(34)14-24(33)27(35)31-13-7-12-22(31)19-8-3-2-4-9-19/h2-6,8-11,17,22,24,33H,7,12-16H2,1H3,(H,28,34)/t22?,24-/m1/s1. The van der Waals surface area contributed by atoms with E-state index in [-0.39, 0.29) is 24.9 Å². The Hall–Kier alpha value is -3.56. The molecule has 1 fully saturated rings. The van der Waals surface area contributed by atoms with Crippen LogP contribution >= 0.6 is 11.3 Å². The first-order valence-corrected chi connectivity index (χ1v) is 13.0. The molecule has 0 bridgehead atoms. The van der Waals surface area contributed by atoms with Crippen molar-refractivity contribution < 1.29 is 14.7 Å². The molecule has 2 aromatic carbocycles. The lowest BCUT2D eigenvalue weighted by Crippen LogP contribution is -2.41. The molecule has 8 nitrogen and oxygen atoms in total. The lowest BCUT2D eigenvalue weighted by Gasteiger charge is -2.27. The zero-order valence-electron chi connectivity index (χ0n) is 20.1. The van der Waals surface area contributed by atoms with Crippen molar-refractivity contribution in [2.45, 2.75) is 51.4 Å². The van der Waals surface area contributed by atoms with Crippen LogP contribution < -0.4 is 5.32 Å². The van der Waals surface area contributed by atoms with Gasteiger partial charge in [-0.1, -0.05) is 42.5 Å². The SMILES string of the molecule is Cc1nc2ccccc2n1Cc1csc(CNC(=O)C[C@@H](O)C(=O)N2CCCC2c2ccccc2)n1. The lowest BCUT2D eigenvalue weighted by atomic mass is 10.0. The summed E-state index contributed by atoms with van der Waals surface area (Å²) in [6.45, 7) is 3.42. The highest BCUT2D eigenvalue weighted by Crippen LogP contribution is 2.32. The molecule has 186 valence electrons. The van der Waals surface area contributed by atoms with Crippen LogP contribution in [-0.4, -0.2) is 49.0 Å². The van der Waals surface area contributed by atoms with Gasteiger partial charge in [-0.15, -0.1) is 11.3 Å². The van der Waals surface area contributed by atoms with Gasteiger partial charge >= 0.3 is 0 Å². The van der Waals surface area contributed by atoms with Gasteiger partial charge in [0.25, 0.3) is 5.91 Å². The van der Waals surface area contributed by atoms with Crippen LogP contribution in [0.3, 0.4) is 0 Å². The number of carbonyl (C=O) groups excluding carboxylic acids is 2. The molecule has 1 unspecified atom stereocenters. The third-order valence-corrected chi connectivity index (χ3v) is 7.48. The highest BCUT2D eigenvalue weighted by molar-refractivity contribution is 7.09. The van der Waals surface area contributed by atoms with Crippen LogP contribution in [0.2, 0.25) is 0 Å². The van der Waals surface area contributed by atoms with Gasteiger partial charge in [-0.3, -0.25) is 9.59 Å². The van der Waals surface area contributed by atoms with E-state index in [4.69, 9.17) is 0 Å². The maximum Gasteiger partial charge on any atom is 0.252 e. The molecule has 4 aromatic rings. The van der Waals surface area contributed by atoms with Crippen molar-refractivity contribution in [3.05, 3.63) is 82.1 Å². The summed E-state index contributed by atoms with van der Waals surface area (Å²) in [6, 6.07) is 17.8. The third-order valence-electron chi connectivity index (χ3n) is 6.59. The average molecular weight is 504 g/mol. The van der Waals surface area contributed by atoms with Gasteiger partial charge in [-0.2, -0.15) is 0 Å². The van der Waals surface area contributed by atoms with Crippen molar-refractivity contribution >= 4 is 34.2 Å². The number of benzene rings is 2. The van der Waals surface area contributed by atoms with Crippen LogP contribution in [0.15, 0.2) is 60.0 Å². The fourth-order valence-corrected chi connectivity index (χ4v) is 5.54. The van der Waals surface area contributed by atoms with Crippen molar-refractivity contribution in [1.82, 2.24) is 24.8 Å². The Labute approximate surface area is 213 Å². The molecule has 1 aliphatic heterocycles. The molecule has 0 radical (unpaired) electrons. The van der Waals surface area contributed by atoms with Crippen molar-refractivity contribution in [2.75, 3.05) is 6.54 Å². The summed E-state index contributed by atoms with van der Waals surface area (Å²) in [5.41, 5.74) is 3.96. The third kappa shape index (κ3) is 5.17. The predicted octanol–water partition coefficient (Wildman–Crippen LogP) is 3.58. The highest BCUT2D eigenvalue weighted by atomic mass is 32.1. The number of para-hydroxylation sites is 2. The van der Waals surface area contributed by atoms with E-state index >= 15 is 0 Å². The minimum absolute atomic E-state index is 0.0543. The number of carbonyl (C=O) groups is 2. The molecule has 9 heteroatoms. The van der Waals surface area contributed by atoms with Gasteiger partial charge in [0.15, 0.2) is 0 Å². The second kappa shape index (κ2) is 10.6. The molecule has 5 rings (SSSR count). The molecule has 0 saturated carbocycles. The van der Waals surface area contributed by atoms with Crippen LogP contribution in [0.4, 0.5) is 0 Å². The van der Waals surface area contributed by atoms with Gasteiger partial charge in [0.1, 0.15) is 16.9 Å².